The van der Waals surface area contributed by atoms with Crippen LogP contribution in [0, 0.1) is 0 Å². The van der Waals surface area contributed by atoms with Crippen LogP contribution >= 0.6 is 23.2 Å². The number of unbranched alkanes of at least 4 members (excludes halogenated alkanes) is 3. The van der Waals surface area contributed by atoms with Crippen molar-refractivity contribution in [3.8, 4) is 0 Å². The van der Waals surface area contributed by atoms with E-state index in [0.29, 0.717) is 21.4 Å². The first-order valence-corrected chi connectivity index (χ1v) is 20.7. The third kappa shape index (κ3) is 7.40. The summed E-state index contributed by atoms with van der Waals surface area (Å²) >= 11 is 9.75. The predicted octanol–water partition coefficient (Wildman–Crippen LogP) is 5.90. The Labute approximate surface area is 222 Å². The van der Waals surface area contributed by atoms with E-state index in [1.807, 2.05) is 3.02 Å². The van der Waals surface area contributed by atoms with E-state index in [1.54, 1.807) is 29.2 Å². The average Bonchev–Trinajstić information content (AvgIpc) is 3.51. The molecule has 1 unspecified atom stereocenters. The Morgan fingerprint density at radius 1 is 1.00 bits per heavy atom. The first-order valence-electron chi connectivity index (χ1n) is 12.7. The standard InChI is InChI=1S/C12H10Cl2N7O.3C4H9.Sn/c13-8-1-2-9(10(14)3-8)12(22,4-11-17-19-20-18-11)5-21-7-15-6-16-21;3*1-3-4-2;/h1-3,6-7,22H,4-5H2;3*1,3-4H2,2H3;/q-1;;;;+1. The number of rotatable bonds is 15. The van der Waals surface area contributed by atoms with Crippen molar-refractivity contribution in [2.45, 2.75) is 91.2 Å². The Balaban J connectivity index is 1.96. The number of tetrazole rings is 1. The number of halogens is 2. The van der Waals surface area contributed by atoms with E-state index in [-0.39, 0.29) is 13.0 Å². The molecule has 0 aliphatic rings. The second kappa shape index (κ2) is 13.4. The second-order valence-corrected chi connectivity index (χ2v) is 22.7. The maximum atomic E-state index is 11.9. The molecule has 35 heavy (non-hydrogen) atoms. The van der Waals surface area contributed by atoms with Gasteiger partial charge in [0, 0.05) is 0 Å². The second-order valence-electron chi connectivity index (χ2n) is 9.46. The molecule has 3 rings (SSSR count). The van der Waals surface area contributed by atoms with Gasteiger partial charge in [0.2, 0.25) is 0 Å². The molecule has 0 aliphatic carbocycles. The van der Waals surface area contributed by atoms with Crippen LogP contribution in [-0.4, -0.2) is 57.0 Å². The molecule has 11 heteroatoms. The molecule has 3 aromatic rings. The van der Waals surface area contributed by atoms with Crippen LogP contribution in [0.5, 0.6) is 0 Å². The molecule has 0 bridgehead atoms. The number of hydrogen-bond donors (Lipinski definition) is 1. The molecule has 0 aliphatic heterocycles. The van der Waals surface area contributed by atoms with Crippen molar-refractivity contribution < 1.29 is 5.11 Å². The molecule has 0 fully saturated rings. The van der Waals surface area contributed by atoms with E-state index >= 15 is 0 Å². The first-order chi connectivity index (χ1) is 16.9. The molecule has 2 aromatic heterocycles. The van der Waals surface area contributed by atoms with Gasteiger partial charge in [-0.05, 0) is 0 Å². The minimum atomic E-state index is -2.90. The van der Waals surface area contributed by atoms with E-state index in [9.17, 15) is 5.11 Å². The molecule has 1 N–H and O–H groups in total. The Morgan fingerprint density at radius 3 is 2.20 bits per heavy atom. The van der Waals surface area contributed by atoms with Gasteiger partial charge in [0.1, 0.15) is 0 Å². The van der Waals surface area contributed by atoms with Crippen molar-refractivity contribution in [2.75, 3.05) is 0 Å². The number of hydrogen-bond acceptors (Lipinski definition) is 6. The summed E-state index contributed by atoms with van der Waals surface area (Å²) in [7, 11) is 0. The van der Waals surface area contributed by atoms with E-state index in [0.717, 1.165) is 0 Å². The molecule has 0 amide bonds. The van der Waals surface area contributed by atoms with Crippen molar-refractivity contribution in [1.82, 2.24) is 33.2 Å². The van der Waals surface area contributed by atoms with Gasteiger partial charge >= 0.3 is 224 Å². The summed E-state index contributed by atoms with van der Waals surface area (Å²) in [5.41, 5.74) is -0.856. The third-order valence-electron chi connectivity index (χ3n) is 6.64. The molecule has 2 heterocycles. The first kappa shape index (κ1) is 28.3. The van der Waals surface area contributed by atoms with E-state index in [4.69, 9.17) is 28.3 Å². The van der Waals surface area contributed by atoms with Gasteiger partial charge in [-0.15, -0.1) is 0 Å². The number of nitrogens with zero attached hydrogens (tertiary/aromatic N) is 7. The van der Waals surface area contributed by atoms with Crippen LogP contribution in [0.15, 0.2) is 30.9 Å². The quantitative estimate of drug-likeness (QED) is 0.211. The van der Waals surface area contributed by atoms with Crippen LogP contribution in [0.25, 0.3) is 0 Å². The third-order valence-corrected chi connectivity index (χ3v) is 21.1. The number of benzene rings is 1. The van der Waals surface area contributed by atoms with E-state index in [2.05, 4.69) is 41.2 Å². The van der Waals surface area contributed by atoms with Crippen LogP contribution in [0.1, 0.15) is 70.7 Å². The fraction of sp³-hybridized carbons (Fsp3) is 0.625. The molecule has 8 nitrogen and oxygen atoms in total. The summed E-state index contributed by atoms with van der Waals surface area (Å²) < 4.78 is 7.32. The summed E-state index contributed by atoms with van der Waals surface area (Å²) in [6, 6.07) is 5.11. The predicted molar refractivity (Wildman–Crippen MR) is 142 cm³/mol. The molecule has 1 atom stereocenters. The van der Waals surface area contributed by atoms with Gasteiger partial charge in [0.05, 0.1) is 0 Å². The maximum absolute atomic E-state index is 11.9. The van der Waals surface area contributed by atoms with Gasteiger partial charge in [0.25, 0.3) is 0 Å². The molecule has 192 valence electrons. The zero-order valence-electron chi connectivity index (χ0n) is 21.0. The van der Waals surface area contributed by atoms with Crippen molar-refractivity contribution in [1.29, 1.82) is 0 Å². The van der Waals surface area contributed by atoms with Gasteiger partial charge in [-0.1, -0.05) is 0 Å². The Hall–Kier alpha value is -1.23. The molecule has 1 aromatic carbocycles. The van der Waals surface area contributed by atoms with Crippen LogP contribution in [0.3, 0.4) is 0 Å². The summed E-state index contributed by atoms with van der Waals surface area (Å²) in [5.74, 6) is 0.518. The molecular weight excluding hydrogens is 592 g/mol. The normalized spacial score (nSPS) is 13.8. The van der Waals surface area contributed by atoms with Gasteiger partial charge in [0.15, 0.2) is 0 Å². The van der Waals surface area contributed by atoms with Crippen LogP contribution in [0.2, 0.25) is 23.4 Å². The topological polar surface area (TPSA) is 94.5 Å². The van der Waals surface area contributed by atoms with Crippen molar-refractivity contribution in [3.05, 3.63) is 52.3 Å². The molecule has 0 saturated carbocycles. The summed E-state index contributed by atoms with van der Waals surface area (Å²) in [4.78, 5) is 4.01. The van der Waals surface area contributed by atoms with Gasteiger partial charge < -0.3 is 0 Å². The molecule has 0 saturated heterocycles. The van der Waals surface area contributed by atoms with E-state index < -0.39 is 24.3 Å². The fourth-order valence-electron chi connectivity index (χ4n) is 4.65. The average molecular weight is 629 g/mol. The number of aromatic nitrogens is 7. The summed E-state index contributed by atoms with van der Waals surface area (Å²) in [6.07, 6.45) is 10.3. The fourth-order valence-corrected chi connectivity index (χ4v) is 19.4. The van der Waals surface area contributed by atoms with Crippen molar-refractivity contribution >= 4 is 41.9 Å². The summed E-state index contributed by atoms with van der Waals surface area (Å²) in [5, 5.41) is 31.0. The molecule has 0 spiro atoms. The Bertz CT molecular complexity index is 1020. The zero-order chi connectivity index (χ0) is 25.3. The Morgan fingerprint density at radius 2 is 1.66 bits per heavy atom. The van der Waals surface area contributed by atoms with Crippen molar-refractivity contribution in [2.24, 2.45) is 0 Å². The summed E-state index contributed by atoms with van der Waals surface area (Å²) in [6.45, 7) is 6.89. The zero-order valence-corrected chi connectivity index (χ0v) is 25.4. The SMILES string of the molecule is CCC[CH2][Sn]([CH2]CCC)([CH2]CCC)[n]1nnc(CC(O)(Cn2cncn2)c2ccc(Cl)cc2Cl)n1. The Kier molecular flexibility index (Phi) is 10.8. The van der Waals surface area contributed by atoms with Gasteiger partial charge in [-0.25, -0.2) is 0 Å². The molecular formula is C24H37Cl2N7OSn. The molecule has 0 radical (unpaired) electrons. The number of aliphatic hydroxyl groups is 1. The van der Waals surface area contributed by atoms with Crippen LogP contribution < -0.4 is 0 Å². The van der Waals surface area contributed by atoms with Gasteiger partial charge in [-0.3, -0.25) is 0 Å². The monoisotopic (exact) mass is 629 g/mol. The van der Waals surface area contributed by atoms with Gasteiger partial charge in [-0.2, -0.15) is 0 Å². The van der Waals surface area contributed by atoms with E-state index in [1.165, 1.54) is 58.2 Å². The minimum absolute atomic E-state index is 0.152. The van der Waals surface area contributed by atoms with Crippen molar-refractivity contribution in [3.63, 3.8) is 0 Å². The van der Waals surface area contributed by atoms with Crippen LogP contribution in [-0.2, 0) is 18.6 Å². The van der Waals surface area contributed by atoms with Crippen LogP contribution in [0.4, 0.5) is 0 Å².